The third-order valence-corrected chi connectivity index (χ3v) is 4.92. The van der Waals surface area contributed by atoms with Crippen LogP contribution in [0, 0.1) is 6.92 Å². The van der Waals surface area contributed by atoms with Crippen LogP contribution in [0.3, 0.4) is 0 Å². The van der Waals surface area contributed by atoms with Crippen molar-refractivity contribution in [3.63, 3.8) is 0 Å². The predicted molar refractivity (Wildman–Crippen MR) is 90.0 cm³/mol. The highest BCUT2D eigenvalue weighted by Crippen LogP contribution is 2.26. The Morgan fingerprint density at radius 1 is 1.05 bits per heavy atom. The van der Waals surface area contributed by atoms with E-state index < -0.39 is 0 Å². The van der Waals surface area contributed by atoms with Gasteiger partial charge in [0, 0.05) is 26.7 Å². The molecule has 20 heavy (non-hydrogen) atoms. The zero-order valence-corrected chi connectivity index (χ0v) is 13.6. The van der Waals surface area contributed by atoms with E-state index >= 15 is 0 Å². The first-order valence-corrected chi connectivity index (χ1v) is 8.18. The average molecular weight is 326 g/mol. The zero-order valence-electron chi connectivity index (χ0n) is 11.3. The standard InChI is InChI=1S/C16H17Cl2NS/c1-11-5-7-13(8-6-11)20-10-12(19)9-14-15(17)3-2-4-16(14)18/h2-8,12H,9-10,19H2,1H3. The molecule has 2 aromatic carbocycles. The molecule has 0 aliphatic rings. The summed E-state index contributed by atoms with van der Waals surface area (Å²) in [5, 5.41) is 1.38. The maximum atomic E-state index is 6.18. The molecule has 0 heterocycles. The Morgan fingerprint density at radius 2 is 1.65 bits per heavy atom. The normalized spacial score (nSPS) is 12.4. The van der Waals surface area contributed by atoms with Gasteiger partial charge in [-0.15, -0.1) is 11.8 Å². The summed E-state index contributed by atoms with van der Waals surface area (Å²) in [5.74, 6) is 0.838. The molecule has 1 nitrogen and oxygen atoms in total. The molecule has 2 rings (SSSR count). The maximum Gasteiger partial charge on any atom is 0.0453 e. The van der Waals surface area contributed by atoms with Gasteiger partial charge < -0.3 is 5.73 Å². The van der Waals surface area contributed by atoms with E-state index in [0.29, 0.717) is 16.5 Å². The van der Waals surface area contributed by atoms with E-state index in [0.717, 1.165) is 11.3 Å². The lowest BCUT2D eigenvalue weighted by molar-refractivity contribution is 0.749. The van der Waals surface area contributed by atoms with Crippen molar-refractivity contribution in [2.45, 2.75) is 24.3 Å². The summed E-state index contributed by atoms with van der Waals surface area (Å²) < 4.78 is 0. The van der Waals surface area contributed by atoms with Crippen molar-refractivity contribution in [1.29, 1.82) is 0 Å². The van der Waals surface area contributed by atoms with E-state index in [4.69, 9.17) is 28.9 Å². The first-order valence-electron chi connectivity index (χ1n) is 6.44. The molecular formula is C16H17Cl2NS. The maximum absolute atomic E-state index is 6.18. The van der Waals surface area contributed by atoms with Gasteiger partial charge >= 0.3 is 0 Å². The van der Waals surface area contributed by atoms with Gasteiger partial charge in [-0.2, -0.15) is 0 Å². The average Bonchev–Trinajstić information content (AvgIpc) is 2.42. The lowest BCUT2D eigenvalue weighted by Gasteiger charge is -2.13. The Labute approximate surface area is 134 Å². The lowest BCUT2D eigenvalue weighted by Crippen LogP contribution is -2.25. The first-order chi connectivity index (χ1) is 9.56. The van der Waals surface area contributed by atoms with Crippen LogP contribution in [0.15, 0.2) is 47.4 Å². The molecule has 0 bridgehead atoms. The third-order valence-electron chi connectivity index (χ3n) is 3.01. The Morgan fingerprint density at radius 3 is 2.25 bits per heavy atom. The van der Waals surface area contributed by atoms with E-state index in [1.54, 1.807) is 11.8 Å². The molecule has 1 unspecified atom stereocenters. The van der Waals surface area contributed by atoms with Crippen molar-refractivity contribution < 1.29 is 0 Å². The minimum absolute atomic E-state index is 0.0266. The van der Waals surface area contributed by atoms with Gasteiger partial charge in [0.2, 0.25) is 0 Å². The van der Waals surface area contributed by atoms with Gasteiger partial charge in [0.1, 0.15) is 0 Å². The molecule has 0 saturated heterocycles. The van der Waals surface area contributed by atoms with E-state index in [2.05, 4.69) is 31.2 Å². The number of rotatable bonds is 5. The number of hydrogen-bond donors (Lipinski definition) is 1. The van der Waals surface area contributed by atoms with E-state index in [9.17, 15) is 0 Å². The van der Waals surface area contributed by atoms with Crippen LogP contribution in [0.4, 0.5) is 0 Å². The molecule has 0 fully saturated rings. The van der Waals surface area contributed by atoms with Gasteiger partial charge in [-0.3, -0.25) is 0 Å². The molecule has 106 valence electrons. The topological polar surface area (TPSA) is 26.0 Å². The number of nitrogens with two attached hydrogens (primary N) is 1. The highest BCUT2D eigenvalue weighted by molar-refractivity contribution is 7.99. The molecule has 1 atom stereocenters. The Bertz CT molecular complexity index is 549. The quantitative estimate of drug-likeness (QED) is 0.786. The van der Waals surface area contributed by atoms with Crippen molar-refractivity contribution >= 4 is 35.0 Å². The van der Waals surface area contributed by atoms with E-state index in [-0.39, 0.29) is 6.04 Å². The minimum atomic E-state index is 0.0266. The SMILES string of the molecule is Cc1ccc(SCC(N)Cc2c(Cl)cccc2Cl)cc1. The Balaban J connectivity index is 1.92. The summed E-state index contributed by atoms with van der Waals surface area (Å²) in [5.41, 5.74) is 8.39. The molecular weight excluding hydrogens is 309 g/mol. The summed E-state index contributed by atoms with van der Waals surface area (Å²) >= 11 is 14.1. The zero-order chi connectivity index (χ0) is 14.5. The number of aryl methyl sites for hydroxylation is 1. The number of thioether (sulfide) groups is 1. The summed E-state index contributed by atoms with van der Waals surface area (Å²) in [4.78, 5) is 1.23. The summed E-state index contributed by atoms with van der Waals surface area (Å²) in [6.45, 7) is 2.08. The number of halogens is 2. The molecule has 0 saturated carbocycles. The lowest BCUT2D eigenvalue weighted by atomic mass is 10.1. The van der Waals surface area contributed by atoms with Crippen molar-refractivity contribution in [2.24, 2.45) is 5.73 Å². The van der Waals surface area contributed by atoms with Crippen LogP contribution in [0.2, 0.25) is 10.0 Å². The van der Waals surface area contributed by atoms with Gasteiger partial charge in [0.25, 0.3) is 0 Å². The molecule has 0 amide bonds. The molecule has 0 spiro atoms. The first kappa shape index (κ1) is 15.7. The second-order valence-electron chi connectivity index (χ2n) is 4.79. The Kier molecular flexibility index (Phi) is 5.79. The summed E-state index contributed by atoms with van der Waals surface area (Å²) in [6.07, 6.45) is 0.692. The van der Waals surface area contributed by atoms with Crippen LogP contribution in [0.25, 0.3) is 0 Å². The number of hydrogen-bond acceptors (Lipinski definition) is 2. The van der Waals surface area contributed by atoms with Crippen LogP contribution >= 0.6 is 35.0 Å². The van der Waals surface area contributed by atoms with Crippen molar-refractivity contribution in [2.75, 3.05) is 5.75 Å². The largest absolute Gasteiger partial charge is 0.327 e. The smallest absolute Gasteiger partial charge is 0.0453 e. The second-order valence-corrected chi connectivity index (χ2v) is 6.70. The molecule has 2 aromatic rings. The van der Waals surface area contributed by atoms with Gasteiger partial charge in [-0.1, -0.05) is 47.0 Å². The fraction of sp³-hybridized carbons (Fsp3) is 0.250. The van der Waals surface area contributed by atoms with Crippen molar-refractivity contribution in [1.82, 2.24) is 0 Å². The molecule has 2 N–H and O–H groups in total. The molecule has 0 aliphatic carbocycles. The summed E-state index contributed by atoms with van der Waals surface area (Å²) in [7, 11) is 0. The highest BCUT2D eigenvalue weighted by atomic mass is 35.5. The van der Waals surface area contributed by atoms with Gasteiger partial charge in [0.05, 0.1) is 0 Å². The van der Waals surface area contributed by atoms with Crippen LogP contribution in [-0.2, 0) is 6.42 Å². The predicted octanol–water partition coefficient (Wildman–Crippen LogP) is 4.96. The van der Waals surface area contributed by atoms with Gasteiger partial charge in [-0.05, 0) is 43.2 Å². The fourth-order valence-corrected chi connectivity index (χ4v) is 3.29. The van der Waals surface area contributed by atoms with E-state index in [1.807, 2.05) is 18.2 Å². The highest BCUT2D eigenvalue weighted by Gasteiger charge is 2.11. The minimum Gasteiger partial charge on any atom is -0.327 e. The summed E-state index contributed by atoms with van der Waals surface area (Å²) in [6, 6.07) is 14.0. The van der Waals surface area contributed by atoms with Gasteiger partial charge in [0.15, 0.2) is 0 Å². The van der Waals surface area contributed by atoms with Crippen molar-refractivity contribution in [3.8, 4) is 0 Å². The molecule has 0 radical (unpaired) electrons. The Hall–Kier alpha value is -0.670. The van der Waals surface area contributed by atoms with Crippen LogP contribution in [0.5, 0.6) is 0 Å². The molecule has 0 aliphatic heterocycles. The van der Waals surface area contributed by atoms with Crippen LogP contribution < -0.4 is 5.73 Å². The second kappa shape index (κ2) is 7.37. The van der Waals surface area contributed by atoms with E-state index in [1.165, 1.54) is 10.5 Å². The van der Waals surface area contributed by atoms with Crippen LogP contribution in [-0.4, -0.2) is 11.8 Å². The third kappa shape index (κ3) is 4.42. The number of benzene rings is 2. The fourth-order valence-electron chi connectivity index (χ4n) is 1.89. The van der Waals surface area contributed by atoms with Crippen LogP contribution in [0.1, 0.15) is 11.1 Å². The molecule has 0 aromatic heterocycles. The molecule has 4 heteroatoms. The monoisotopic (exact) mass is 325 g/mol. The van der Waals surface area contributed by atoms with Crippen molar-refractivity contribution in [3.05, 3.63) is 63.6 Å². The van der Waals surface area contributed by atoms with Gasteiger partial charge in [-0.25, -0.2) is 0 Å².